The number of aryl methyl sites for hydroxylation is 1. The summed E-state index contributed by atoms with van der Waals surface area (Å²) in [6.07, 6.45) is 1.86. The van der Waals surface area contributed by atoms with E-state index >= 15 is 0 Å². The predicted molar refractivity (Wildman–Crippen MR) is 76.3 cm³/mol. The van der Waals surface area contributed by atoms with Gasteiger partial charge in [-0.05, 0) is 44.0 Å². The van der Waals surface area contributed by atoms with Gasteiger partial charge in [0.05, 0.1) is 6.54 Å². The zero-order chi connectivity index (χ0) is 12.4. The van der Waals surface area contributed by atoms with Gasteiger partial charge in [0.2, 0.25) is 0 Å². The molecule has 6 heteroatoms. The molecule has 2 aromatic heterocycles. The van der Waals surface area contributed by atoms with Crippen molar-refractivity contribution < 1.29 is 4.79 Å². The van der Waals surface area contributed by atoms with Gasteiger partial charge in [0, 0.05) is 32.4 Å². The molecule has 0 fully saturated rings. The topological polar surface area (TPSA) is 34.0 Å². The quantitative estimate of drug-likeness (QED) is 0.871. The first-order valence-electron chi connectivity index (χ1n) is 4.89. The highest BCUT2D eigenvalue weighted by molar-refractivity contribution is 9.10. The summed E-state index contributed by atoms with van der Waals surface area (Å²) in [6, 6.07) is 3.81. The lowest BCUT2D eigenvalue weighted by Gasteiger charge is -2.04. The summed E-state index contributed by atoms with van der Waals surface area (Å²) in [5.74, 6) is -0.0669. The van der Waals surface area contributed by atoms with Crippen molar-refractivity contribution in [2.45, 2.75) is 6.54 Å². The Morgan fingerprint density at radius 2 is 2.18 bits per heavy atom. The van der Waals surface area contributed by atoms with Gasteiger partial charge < -0.3 is 9.88 Å². The van der Waals surface area contributed by atoms with Crippen LogP contribution in [0.25, 0.3) is 0 Å². The second-order valence-electron chi connectivity index (χ2n) is 3.57. The van der Waals surface area contributed by atoms with E-state index in [4.69, 9.17) is 0 Å². The molecule has 2 aromatic rings. The van der Waals surface area contributed by atoms with Crippen molar-refractivity contribution in [2.24, 2.45) is 7.05 Å². The summed E-state index contributed by atoms with van der Waals surface area (Å²) in [7, 11) is 1.85. The summed E-state index contributed by atoms with van der Waals surface area (Å²) in [6.45, 7) is 0.553. The normalized spacial score (nSPS) is 10.5. The lowest BCUT2D eigenvalue weighted by atomic mass is 10.4. The first-order chi connectivity index (χ1) is 8.06. The maximum absolute atomic E-state index is 11.9. The minimum Gasteiger partial charge on any atom is -0.346 e. The van der Waals surface area contributed by atoms with Crippen molar-refractivity contribution in [3.8, 4) is 0 Å². The first-order valence-corrected chi connectivity index (χ1v) is 7.36. The number of nitrogens with one attached hydrogen (secondary N) is 1. The molecule has 0 saturated carbocycles. The molecule has 0 saturated heterocycles. The van der Waals surface area contributed by atoms with Gasteiger partial charge >= 0.3 is 0 Å². The zero-order valence-corrected chi connectivity index (χ0v) is 13.0. The molecule has 3 nitrogen and oxygen atoms in total. The SMILES string of the molecule is Cn1cc(Br)cc1C(=O)NCc1cc(Br)cs1. The molecule has 1 N–H and O–H groups in total. The van der Waals surface area contributed by atoms with Gasteiger partial charge in [-0.1, -0.05) is 0 Å². The molecule has 0 unspecified atom stereocenters. The number of aromatic nitrogens is 1. The van der Waals surface area contributed by atoms with Crippen LogP contribution in [0.15, 0.2) is 32.7 Å². The van der Waals surface area contributed by atoms with Gasteiger partial charge in [-0.15, -0.1) is 11.3 Å². The molecule has 0 atom stereocenters. The molecule has 0 spiro atoms. The first kappa shape index (κ1) is 12.9. The molecule has 0 aliphatic heterocycles. The number of amides is 1. The van der Waals surface area contributed by atoms with Crippen molar-refractivity contribution >= 4 is 49.1 Å². The Labute approximate surface area is 120 Å². The average Bonchev–Trinajstić information content (AvgIpc) is 2.81. The van der Waals surface area contributed by atoms with Crippen LogP contribution in [0, 0.1) is 0 Å². The number of hydrogen-bond donors (Lipinski definition) is 1. The van der Waals surface area contributed by atoms with E-state index < -0.39 is 0 Å². The van der Waals surface area contributed by atoms with Gasteiger partial charge in [0.25, 0.3) is 5.91 Å². The van der Waals surface area contributed by atoms with Crippen molar-refractivity contribution in [2.75, 3.05) is 0 Å². The number of nitrogens with zero attached hydrogens (tertiary/aromatic N) is 1. The van der Waals surface area contributed by atoms with Gasteiger partial charge in [0.1, 0.15) is 5.69 Å². The Bertz CT molecular complexity index is 547. The fourth-order valence-corrected chi connectivity index (χ4v) is 3.37. The fraction of sp³-hybridized carbons (Fsp3) is 0.182. The van der Waals surface area contributed by atoms with E-state index in [-0.39, 0.29) is 5.91 Å². The van der Waals surface area contributed by atoms with E-state index in [0.717, 1.165) is 13.8 Å². The highest BCUT2D eigenvalue weighted by atomic mass is 79.9. The number of thiophene rings is 1. The number of carbonyl (C=O) groups excluding carboxylic acids is 1. The van der Waals surface area contributed by atoms with Gasteiger partial charge in [-0.3, -0.25) is 4.79 Å². The minimum atomic E-state index is -0.0669. The summed E-state index contributed by atoms with van der Waals surface area (Å²) in [5, 5.41) is 4.89. The zero-order valence-electron chi connectivity index (χ0n) is 9.04. The van der Waals surface area contributed by atoms with Crippen LogP contribution in [0.5, 0.6) is 0 Å². The molecule has 2 heterocycles. The number of rotatable bonds is 3. The van der Waals surface area contributed by atoms with E-state index in [1.165, 1.54) is 0 Å². The molecule has 1 amide bonds. The van der Waals surface area contributed by atoms with Crippen LogP contribution in [-0.2, 0) is 13.6 Å². The smallest absolute Gasteiger partial charge is 0.268 e. The molecular weight excluding hydrogens is 368 g/mol. The number of carbonyl (C=O) groups is 1. The highest BCUT2D eigenvalue weighted by Gasteiger charge is 2.10. The molecule has 0 radical (unpaired) electrons. The Morgan fingerprint density at radius 1 is 1.41 bits per heavy atom. The highest BCUT2D eigenvalue weighted by Crippen LogP contribution is 2.19. The molecule has 0 aliphatic carbocycles. The van der Waals surface area contributed by atoms with E-state index in [1.54, 1.807) is 22.0 Å². The maximum atomic E-state index is 11.9. The third kappa shape index (κ3) is 3.20. The summed E-state index contributed by atoms with van der Waals surface area (Å²) in [4.78, 5) is 13.0. The van der Waals surface area contributed by atoms with Gasteiger partial charge in [-0.2, -0.15) is 0 Å². The monoisotopic (exact) mass is 376 g/mol. The molecule has 0 aromatic carbocycles. The maximum Gasteiger partial charge on any atom is 0.268 e. The summed E-state index contributed by atoms with van der Waals surface area (Å²) >= 11 is 8.35. The Kier molecular flexibility index (Phi) is 4.06. The van der Waals surface area contributed by atoms with Crippen LogP contribution in [0.4, 0.5) is 0 Å². The van der Waals surface area contributed by atoms with Crippen LogP contribution in [0.2, 0.25) is 0 Å². The van der Waals surface area contributed by atoms with E-state index in [1.807, 2.05) is 24.7 Å². The van der Waals surface area contributed by atoms with Crippen LogP contribution >= 0.6 is 43.2 Å². The summed E-state index contributed by atoms with van der Waals surface area (Å²) in [5.41, 5.74) is 0.646. The lowest BCUT2D eigenvalue weighted by molar-refractivity contribution is 0.0943. The standard InChI is InChI=1S/C11H10Br2N2OS/c1-15-5-7(12)3-10(15)11(16)14-4-9-2-8(13)6-17-9/h2-3,5-6H,4H2,1H3,(H,14,16). The van der Waals surface area contributed by atoms with E-state index in [2.05, 4.69) is 37.2 Å². The third-order valence-electron chi connectivity index (χ3n) is 2.25. The van der Waals surface area contributed by atoms with E-state index in [0.29, 0.717) is 12.2 Å². The van der Waals surface area contributed by atoms with Crippen LogP contribution < -0.4 is 5.32 Å². The van der Waals surface area contributed by atoms with Crippen molar-refractivity contribution in [3.63, 3.8) is 0 Å². The van der Waals surface area contributed by atoms with Gasteiger partial charge in [0.15, 0.2) is 0 Å². The van der Waals surface area contributed by atoms with Crippen LogP contribution in [0.1, 0.15) is 15.4 Å². The molecule has 90 valence electrons. The fourth-order valence-electron chi connectivity index (χ4n) is 1.45. The third-order valence-corrected chi connectivity index (χ3v) is 4.38. The second-order valence-corrected chi connectivity index (χ2v) is 6.40. The van der Waals surface area contributed by atoms with Gasteiger partial charge in [-0.25, -0.2) is 0 Å². The molecular formula is C11H10Br2N2OS. The van der Waals surface area contributed by atoms with Crippen LogP contribution in [0.3, 0.4) is 0 Å². The van der Waals surface area contributed by atoms with Crippen molar-refractivity contribution in [1.29, 1.82) is 0 Å². The largest absolute Gasteiger partial charge is 0.346 e. The number of hydrogen-bond acceptors (Lipinski definition) is 2. The summed E-state index contributed by atoms with van der Waals surface area (Å²) < 4.78 is 3.75. The Balaban J connectivity index is 2.00. The van der Waals surface area contributed by atoms with Crippen molar-refractivity contribution in [1.82, 2.24) is 9.88 Å². The Morgan fingerprint density at radius 3 is 2.71 bits per heavy atom. The second kappa shape index (κ2) is 5.37. The molecule has 0 bridgehead atoms. The average molecular weight is 378 g/mol. The molecule has 2 rings (SSSR count). The minimum absolute atomic E-state index is 0.0669. The predicted octanol–water partition coefficient (Wildman–Crippen LogP) is 3.54. The lowest BCUT2D eigenvalue weighted by Crippen LogP contribution is -2.24. The van der Waals surface area contributed by atoms with Crippen LogP contribution in [-0.4, -0.2) is 10.5 Å². The molecule has 0 aliphatic rings. The number of halogens is 2. The Hall–Kier alpha value is -0.590. The van der Waals surface area contributed by atoms with E-state index in [9.17, 15) is 4.79 Å². The van der Waals surface area contributed by atoms with Crippen molar-refractivity contribution in [3.05, 3.63) is 43.2 Å². The molecule has 17 heavy (non-hydrogen) atoms.